The standard InChI is InChI=1S/C20H25NO7S2/c1-26-15-5-7-16(8-6-15)30(24,25)20-13-29(22,23)12-17(20)21-11-14-4-9-18(27-2)19(10-14)28-3/h4-10,17,20-21H,11-13H2,1-3H3/t17-,20-/m1/s1. The molecule has 1 saturated heterocycles. The van der Waals surface area contributed by atoms with Gasteiger partial charge in [-0.3, -0.25) is 0 Å². The lowest BCUT2D eigenvalue weighted by molar-refractivity contribution is 0.354. The molecule has 0 aromatic heterocycles. The number of methoxy groups -OCH3 is 3. The monoisotopic (exact) mass is 455 g/mol. The van der Waals surface area contributed by atoms with Gasteiger partial charge in [0.15, 0.2) is 31.2 Å². The summed E-state index contributed by atoms with van der Waals surface area (Å²) in [7, 11) is -2.79. The fourth-order valence-corrected chi connectivity index (χ4v) is 8.21. The van der Waals surface area contributed by atoms with Crippen molar-refractivity contribution in [3.8, 4) is 17.2 Å². The molecule has 10 heteroatoms. The van der Waals surface area contributed by atoms with Crippen LogP contribution in [0.4, 0.5) is 0 Å². The highest BCUT2D eigenvalue weighted by atomic mass is 32.2. The molecule has 0 unspecified atom stereocenters. The highest BCUT2D eigenvalue weighted by molar-refractivity contribution is 7.96. The van der Waals surface area contributed by atoms with Gasteiger partial charge in [0, 0.05) is 12.6 Å². The van der Waals surface area contributed by atoms with Crippen LogP contribution in [0, 0.1) is 0 Å². The average Bonchev–Trinajstić information content (AvgIpc) is 3.07. The molecule has 0 spiro atoms. The summed E-state index contributed by atoms with van der Waals surface area (Å²) in [6.45, 7) is 0.287. The van der Waals surface area contributed by atoms with Crippen molar-refractivity contribution >= 4 is 19.7 Å². The van der Waals surface area contributed by atoms with Gasteiger partial charge in [-0.05, 0) is 42.0 Å². The summed E-state index contributed by atoms with van der Waals surface area (Å²) in [5.41, 5.74) is 0.817. The predicted molar refractivity (Wildman–Crippen MR) is 113 cm³/mol. The summed E-state index contributed by atoms with van der Waals surface area (Å²) >= 11 is 0. The van der Waals surface area contributed by atoms with E-state index < -0.39 is 36.7 Å². The van der Waals surface area contributed by atoms with Crippen molar-refractivity contribution in [3.63, 3.8) is 0 Å². The average molecular weight is 456 g/mol. The largest absolute Gasteiger partial charge is 0.497 e. The van der Waals surface area contributed by atoms with Gasteiger partial charge in [-0.15, -0.1) is 0 Å². The van der Waals surface area contributed by atoms with Gasteiger partial charge in [-0.1, -0.05) is 6.07 Å². The van der Waals surface area contributed by atoms with E-state index in [1.807, 2.05) is 6.07 Å². The van der Waals surface area contributed by atoms with Crippen molar-refractivity contribution in [1.29, 1.82) is 0 Å². The number of benzene rings is 2. The maximum absolute atomic E-state index is 13.1. The van der Waals surface area contributed by atoms with E-state index in [1.54, 1.807) is 24.3 Å². The van der Waals surface area contributed by atoms with Gasteiger partial charge in [-0.2, -0.15) is 0 Å². The predicted octanol–water partition coefficient (Wildman–Crippen LogP) is 1.44. The van der Waals surface area contributed by atoms with Gasteiger partial charge in [0.2, 0.25) is 0 Å². The van der Waals surface area contributed by atoms with Crippen molar-refractivity contribution in [2.45, 2.75) is 22.7 Å². The normalized spacial score (nSPS) is 20.6. The Hall–Kier alpha value is -2.30. The van der Waals surface area contributed by atoms with Crippen LogP contribution in [0.3, 0.4) is 0 Å². The van der Waals surface area contributed by atoms with E-state index in [0.29, 0.717) is 17.2 Å². The molecule has 1 fully saturated rings. The Morgan fingerprint density at radius 1 is 0.933 bits per heavy atom. The lowest BCUT2D eigenvalue weighted by Gasteiger charge is -2.20. The minimum absolute atomic E-state index is 0.0725. The fourth-order valence-electron chi connectivity index (χ4n) is 3.49. The molecule has 1 aliphatic rings. The van der Waals surface area contributed by atoms with Gasteiger partial charge in [0.1, 0.15) is 5.75 Å². The Balaban J connectivity index is 1.82. The molecule has 2 aromatic rings. The smallest absolute Gasteiger partial charge is 0.183 e. The molecule has 3 rings (SSSR count). The fraction of sp³-hybridized carbons (Fsp3) is 0.400. The van der Waals surface area contributed by atoms with Crippen LogP contribution in [-0.4, -0.2) is 61.0 Å². The lowest BCUT2D eigenvalue weighted by atomic mass is 10.1. The molecule has 1 N–H and O–H groups in total. The highest BCUT2D eigenvalue weighted by Gasteiger charge is 2.45. The zero-order valence-electron chi connectivity index (χ0n) is 17.0. The number of hydrogen-bond donors (Lipinski definition) is 1. The van der Waals surface area contributed by atoms with E-state index in [0.717, 1.165) is 5.56 Å². The van der Waals surface area contributed by atoms with Crippen molar-refractivity contribution in [3.05, 3.63) is 48.0 Å². The third-order valence-electron chi connectivity index (χ3n) is 5.10. The number of ether oxygens (including phenoxy) is 3. The van der Waals surface area contributed by atoms with Crippen molar-refractivity contribution < 1.29 is 31.0 Å². The minimum Gasteiger partial charge on any atom is -0.497 e. The first-order valence-electron chi connectivity index (χ1n) is 9.23. The van der Waals surface area contributed by atoms with E-state index in [1.165, 1.54) is 33.5 Å². The highest BCUT2D eigenvalue weighted by Crippen LogP contribution is 2.29. The van der Waals surface area contributed by atoms with E-state index >= 15 is 0 Å². The van der Waals surface area contributed by atoms with Crippen LogP contribution in [0.5, 0.6) is 17.2 Å². The molecule has 164 valence electrons. The minimum atomic E-state index is -3.85. The van der Waals surface area contributed by atoms with E-state index in [9.17, 15) is 16.8 Å². The van der Waals surface area contributed by atoms with Crippen LogP contribution in [-0.2, 0) is 26.2 Å². The second kappa shape index (κ2) is 8.83. The van der Waals surface area contributed by atoms with E-state index in [4.69, 9.17) is 14.2 Å². The molecule has 0 amide bonds. The van der Waals surface area contributed by atoms with Gasteiger partial charge >= 0.3 is 0 Å². The van der Waals surface area contributed by atoms with E-state index in [2.05, 4.69) is 5.32 Å². The molecule has 30 heavy (non-hydrogen) atoms. The lowest BCUT2D eigenvalue weighted by Crippen LogP contribution is -2.43. The zero-order chi connectivity index (χ0) is 21.9. The van der Waals surface area contributed by atoms with Gasteiger partial charge < -0.3 is 19.5 Å². The molecule has 2 aromatic carbocycles. The van der Waals surface area contributed by atoms with Gasteiger partial charge in [0.25, 0.3) is 0 Å². The maximum Gasteiger partial charge on any atom is 0.183 e. The second-order valence-corrected chi connectivity index (χ2v) is 11.3. The first-order valence-corrected chi connectivity index (χ1v) is 12.6. The third-order valence-corrected chi connectivity index (χ3v) is 9.27. The molecule has 0 radical (unpaired) electrons. The van der Waals surface area contributed by atoms with Crippen molar-refractivity contribution in [2.24, 2.45) is 0 Å². The molecule has 1 aliphatic heterocycles. The summed E-state index contributed by atoms with van der Waals surface area (Å²) in [5, 5.41) is 2.04. The maximum atomic E-state index is 13.1. The molecular weight excluding hydrogens is 430 g/mol. The van der Waals surface area contributed by atoms with Crippen LogP contribution >= 0.6 is 0 Å². The Kier molecular flexibility index (Phi) is 6.59. The Morgan fingerprint density at radius 2 is 1.60 bits per heavy atom. The zero-order valence-corrected chi connectivity index (χ0v) is 18.6. The molecular formula is C20H25NO7S2. The first kappa shape index (κ1) is 22.4. The number of sulfone groups is 2. The summed E-state index contributed by atoms with van der Waals surface area (Å²) in [4.78, 5) is 0.0725. The van der Waals surface area contributed by atoms with Crippen molar-refractivity contribution in [1.82, 2.24) is 5.32 Å². The Morgan fingerprint density at radius 3 is 2.20 bits per heavy atom. The van der Waals surface area contributed by atoms with Crippen LogP contribution in [0.1, 0.15) is 5.56 Å². The summed E-state index contributed by atoms with van der Waals surface area (Å²) < 4.78 is 66.4. The van der Waals surface area contributed by atoms with Gasteiger partial charge in [0.05, 0.1) is 43.0 Å². The Labute approximate surface area is 177 Å². The number of rotatable bonds is 8. The van der Waals surface area contributed by atoms with E-state index in [-0.39, 0.29) is 17.2 Å². The molecule has 0 aliphatic carbocycles. The molecule has 0 saturated carbocycles. The van der Waals surface area contributed by atoms with Crippen LogP contribution in [0.2, 0.25) is 0 Å². The Bertz CT molecular complexity index is 1100. The summed E-state index contributed by atoms with van der Waals surface area (Å²) in [6, 6.07) is 10.6. The number of hydrogen-bond acceptors (Lipinski definition) is 8. The van der Waals surface area contributed by atoms with Crippen LogP contribution < -0.4 is 19.5 Å². The summed E-state index contributed by atoms with van der Waals surface area (Å²) in [6.07, 6.45) is 0. The molecule has 8 nitrogen and oxygen atoms in total. The van der Waals surface area contributed by atoms with Crippen LogP contribution in [0.25, 0.3) is 0 Å². The van der Waals surface area contributed by atoms with Gasteiger partial charge in [-0.25, -0.2) is 16.8 Å². The molecule has 0 bridgehead atoms. The second-order valence-electron chi connectivity index (χ2n) is 7.01. The quantitative estimate of drug-likeness (QED) is 0.637. The third kappa shape index (κ3) is 4.71. The topological polar surface area (TPSA) is 108 Å². The van der Waals surface area contributed by atoms with Crippen molar-refractivity contribution in [2.75, 3.05) is 32.8 Å². The molecule has 2 atom stereocenters. The SMILES string of the molecule is COc1ccc(S(=O)(=O)[C@@H]2CS(=O)(=O)C[C@H]2NCc2ccc(OC)c(OC)c2)cc1. The van der Waals surface area contributed by atoms with Crippen LogP contribution in [0.15, 0.2) is 47.4 Å². The number of nitrogens with one attached hydrogen (secondary N) is 1. The molecule has 1 heterocycles. The summed E-state index contributed by atoms with van der Waals surface area (Å²) in [5.74, 6) is 0.990. The first-order chi connectivity index (χ1) is 14.2.